The number of amides is 1. The molecule has 0 saturated carbocycles. The minimum Gasteiger partial charge on any atom is -0.491 e. The van der Waals surface area contributed by atoms with Crippen molar-refractivity contribution in [2.75, 3.05) is 32.6 Å². The number of carbonyl (C=O) groups is 1. The van der Waals surface area contributed by atoms with Crippen molar-refractivity contribution in [1.82, 2.24) is 4.90 Å². The Balaban J connectivity index is 1.81. The highest BCUT2D eigenvalue weighted by atomic mass is 32.2. The Bertz CT molecular complexity index is 1120. The van der Waals surface area contributed by atoms with Crippen LogP contribution >= 0.6 is 0 Å². The highest BCUT2D eigenvalue weighted by Crippen LogP contribution is 2.35. The molecule has 10 heteroatoms. The van der Waals surface area contributed by atoms with Crippen LogP contribution in [-0.4, -0.2) is 57.9 Å². The predicted molar refractivity (Wildman–Crippen MR) is 122 cm³/mol. The molecule has 1 heterocycles. The SMILES string of the molecule is CC(C)Oc1cccc(CC(=O)N2CCOC(CCOS(C)(=O)=O)(c3ccc(F)c(F)c3)C2)c1. The van der Waals surface area contributed by atoms with Crippen LogP contribution in [0, 0.1) is 11.6 Å². The van der Waals surface area contributed by atoms with Crippen molar-refractivity contribution >= 4 is 16.0 Å². The van der Waals surface area contributed by atoms with Gasteiger partial charge in [-0.25, -0.2) is 8.78 Å². The standard InChI is InChI=1S/C24H29F2NO6S/c1-17(2)33-20-6-4-5-18(13-20)14-23(28)27-10-12-31-24(16-27,9-11-32-34(3,29)30)19-7-8-21(25)22(26)15-19/h4-8,13,15,17H,9-12,14,16H2,1-3H3. The molecule has 2 aromatic carbocycles. The predicted octanol–water partition coefficient (Wildman–Crippen LogP) is 3.42. The first-order valence-corrected chi connectivity index (χ1v) is 12.8. The molecule has 0 N–H and O–H groups in total. The summed E-state index contributed by atoms with van der Waals surface area (Å²) in [5, 5.41) is 0. The highest BCUT2D eigenvalue weighted by Gasteiger charge is 2.40. The molecule has 3 rings (SSSR count). The summed E-state index contributed by atoms with van der Waals surface area (Å²) in [5.74, 6) is -1.59. The Morgan fingerprint density at radius 2 is 1.94 bits per heavy atom. The van der Waals surface area contributed by atoms with E-state index in [0.717, 1.165) is 24.0 Å². The van der Waals surface area contributed by atoms with E-state index < -0.39 is 27.4 Å². The van der Waals surface area contributed by atoms with Gasteiger partial charge in [-0.2, -0.15) is 8.42 Å². The van der Waals surface area contributed by atoms with E-state index in [1.165, 1.54) is 6.07 Å². The lowest BCUT2D eigenvalue weighted by Crippen LogP contribution is -2.52. The molecule has 1 saturated heterocycles. The molecule has 34 heavy (non-hydrogen) atoms. The summed E-state index contributed by atoms with van der Waals surface area (Å²) in [6.07, 6.45) is 1.05. The van der Waals surface area contributed by atoms with E-state index >= 15 is 0 Å². The highest BCUT2D eigenvalue weighted by molar-refractivity contribution is 7.85. The third kappa shape index (κ3) is 6.97. The summed E-state index contributed by atoms with van der Waals surface area (Å²) in [6, 6.07) is 10.6. The van der Waals surface area contributed by atoms with E-state index in [1.54, 1.807) is 11.0 Å². The molecule has 0 bridgehead atoms. The van der Waals surface area contributed by atoms with Crippen molar-refractivity contribution < 1.29 is 35.6 Å². The van der Waals surface area contributed by atoms with Gasteiger partial charge < -0.3 is 14.4 Å². The second kappa shape index (κ2) is 10.8. The number of carbonyl (C=O) groups excluding carboxylic acids is 1. The molecule has 2 aromatic rings. The van der Waals surface area contributed by atoms with Gasteiger partial charge in [-0.1, -0.05) is 18.2 Å². The summed E-state index contributed by atoms with van der Waals surface area (Å²) < 4.78 is 67.0. The fourth-order valence-electron chi connectivity index (χ4n) is 3.89. The Kier molecular flexibility index (Phi) is 8.27. The lowest BCUT2D eigenvalue weighted by molar-refractivity contribution is -0.154. The summed E-state index contributed by atoms with van der Waals surface area (Å²) >= 11 is 0. The van der Waals surface area contributed by atoms with E-state index in [1.807, 2.05) is 32.0 Å². The van der Waals surface area contributed by atoms with Gasteiger partial charge in [0.15, 0.2) is 11.6 Å². The average Bonchev–Trinajstić information content (AvgIpc) is 2.74. The van der Waals surface area contributed by atoms with Crippen LogP contribution in [0.1, 0.15) is 31.4 Å². The normalized spacial score (nSPS) is 18.8. The monoisotopic (exact) mass is 497 g/mol. The Labute approximate surface area is 198 Å². The number of morpholine rings is 1. The number of nitrogens with zero attached hydrogens (tertiary/aromatic N) is 1. The lowest BCUT2D eigenvalue weighted by atomic mass is 9.88. The van der Waals surface area contributed by atoms with E-state index in [-0.39, 0.29) is 44.6 Å². The van der Waals surface area contributed by atoms with Gasteiger partial charge in [0.25, 0.3) is 10.1 Å². The number of ether oxygens (including phenoxy) is 2. The van der Waals surface area contributed by atoms with E-state index in [9.17, 15) is 22.0 Å². The van der Waals surface area contributed by atoms with Gasteiger partial charge in [0, 0.05) is 13.0 Å². The van der Waals surface area contributed by atoms with E-state index in [2.05, 4.69) is 0 Å². The zero-order valence-electron chi connectivity index (χ0n) is 19.4. The minimum absolute atomic E-state index is 0.00364. The fraction of sp³-hybridized carbons (Fsp3) is 0.458. The third-order valence-electron chi connectivity index (χ3n) is 5.41. The summed E-state index contributed by atoms with van der Waals surface area (Å²) in [4.78, 5) is 14.7. The number of rotatable bonds is 9. The van der Waals surface area contributed by atoms with Gasteiger partial charge in [-0.05, 0) is 49.2 Å². The first-order valence-electron chi connectivity index (χ1n) is 10.9. The topological polar surface area (TPSA) is 82.1 Å². The first-order chi connectivity index (χ1) is 16.0. The lowest BCUT2D eigenvalue weighted by Gasteiger charge is -2.43. The number of benzene rings is 2. The summed E-state index contributed by atoms with van der Waals surface area (Å²) in [7, 11) is -3.71. The molecule has 1 atom stereocenters. The Hall–Kier alpha value is -2.56. The number of hydrogen-bond donors (Lipinski definition) is 0. The molecule has 1 unspecified atom stereocenters. The Morgan fingerprint density at radius 3 is 2.62 bits per heavy atom. The molecule has 0 radical (unpaired) electrons. The quantitative estimate of drug-likeness (QED) is 0.494. The second-order valence-corrected chi connectivity index (χ2v) is 10.2. The van der Waals surface area contributed by atoms with Crippen molar-refractivity contribution in [3.8, 4) is 5.75 Å². The third-order valence-corrected chi connectivity index (χ3v) is 6.01. The molecule has 0 aliphatic carbocycles. The molecule has 186 valence electrons. The maximum atomic E-state index is 14.0. The second-order valence-electron chi connectivity index (χ2n) is 8.55. The van der Waals surface area contributed by atoms with Crippen LogP contribution in [0.4, 0.5) is 8.78 Å². The molecular formula is C24H29F2NO6S. The molecule has 1 fully saturated rings. The van der Waals surface area contributed by atoms with Crippen LogP contribution in [0.5, 0.6) is 5.75 Å². The van der Waals surface area contributed by atoms with Gasteiger partial charge in [-0.15, -0.1) is 0 Å². The van der Waals surface area contributed by atoms with Crippen LogP contribution in [0.15, 0.2) is 42.5 Å². The van der Waals surface area contributed by atoms with Crippen molar-refractivity contribution in [3.05, 3.63) is 65.2 Å². The largest absolute Gasteiger partial charge is 0.491 e. The van der Waals surface area contributed by atoms with Crippen molar-refractivity contribution in [1.29, 1.82) is 0 Å². The van der Waals surface area contributed by atoms with Crippen molar-refractivity contribution in [2.24, 2.45) is 0 Å². The zero-order valence-corrected chi connectivity index (χ0v) is 20.2. The van der Waals surface area contributed by atoms with Crippen LogP contribution in [0.3, 0.4) is 0 Å². The fourth-order valence-corrected chi connectivity index (χ4v) is 4.28. The molecule has 1 amide bonds. The summed E-state index contributed by atoms with van der Waals surface area (Å²) in [5.41, 5.74) is -0.183. The van der Waals surface area contributed by atoms with Crippen LogP contribution in [0.2, 0.25) is 0 Å². The Morgan fingerprint density at radius 1 is 1.18 bits per heavy atom. The van der Waals surface area contributed by atoms with Gasteiger partial charge in [0.2, 0.25) is 5.91 Å². The maximum absolute atomic E-state index is 14.0. The van der Waals surface area contributed by atoms with E-state index in [4.69, 9.17) is 13.7 Å². The molecule has 7 nitrogen and oxygen atoms in total. The van der Waals surface area contributed by atoms with Gasteiger partial charge >= 0.3 is 0 Å². The molecule has 1 aliphatic heterocycles. The van der Waals surface area contributed by atoms with Gasteiger partial charge in [0.1, 0.15) is 11.4 Å². The van der Waals surface area contributed by atoms with Crippen molar-refractivity contribution in [3.63, 3.8) is 0 Å². The van der Waals surface area contributed by atoms with Crippen molar-refractivity contribution in [2.45, 2.75) is 38.4 Å². The molecule has 1 aliphatic rings. The zero-order chi connectivity index (χ0) is 24.9. The first kappa shape index (κ1) is 26.1. The number of hydrogen-bond acceptors (Lipinski definition) is 6. The van der Waals surface area contributed by atoms with Crippen LogP contribution < -0.4 is 4.74 Å². The smallest absolute Gasteiger partial charge is 0.264 e. The molecule has 0 aromatic heterocycles. The van der Waals surface area contributed by atoms with Gasteiger partial charge in [0.05, 0.1) is 38.5 Å². The van der Waals surface area contributed by atoms with Gasteiger partial charge in [-0.3, -0.25) is 8.98 Å². The summed E-state index contributed by atoms with van der Waals surface area (Å²) in [6.45, 7) is 4.06. The number of halogens is 2. The average molecular weight is 498 g/mol. The van der Waals surface area contributed by atoms with E-state index in [0.29, 0.717) is 17.9 Å². The van der Waals surface area contributed by atoms with Crippen LogP contribution in [-0.2, 0) is 35.9 Å². The van der Waals surface area contributed by atoms with Crippen LogP contribution in [0.25, 0.3) is 0 Å². The maximum Gasteiger partial charge on any atom is 0.264 e. The minimum atomic E-state index is -3.71. The molecule has 0 spiro atoms. The molecular weight excluding hydrogens is 468 g/mol.